The lowest BCUT2D eigenvalue weighted by Crippen LogP contribution is -2.49. The van der Waals surface area contributed by atoms with Crippen LogP contribution in [0.25, 0.3) is 11.4 Å². The molecule has 0 spiro atoms. The number of hydrogen-bond acceptors (Lipinski definition) is 18. The number of phenols is 1. The van der Waals surface area contributed by atoms with Crippen molar-refractivity contribution in [3.63, 3.8) is 0 Å². The van der Waals surface area contributed by atoms with Gasteiger partial charge in [0, 0.05) is 74.2 Å². The lowest BCUT2D eigenvalue weighted by atomic mass is 9.78. The van der Waals surface area contributed by atoms with Crippen molar-refractivity contribution in [2.24, 2.45) is 23.7 Å². The van der Waals surface area contributed by atoms with Crippen molar-refractivity contribution in [2.75, 3.05) is 33.4 Å². The molecule has 1 fully saturated rings. The number of methoxy groups -OCH3 is 1. The molecule has 1 unspecified atom stereocenters. The zero-order valence-electron chi connectivity index (χ0n) is 39.2. The number of carbonyl (C=O) groups is 4. The number of hydrogen-bond donors (Lipinski definition) is 6. The molecule has 1 aromatic carbocycles. The number of ether oxygens (including phenoxy) is 5. The number of morpholine rings is 1. The molecule has 4 aliphatic heterocycles. The summed E-state index contributed by atoms with van der Waals surface area (Å²) in [7, 11) is 1.43. The van der Waals surface area contributed by atoms with Gasteiger partial charge in [0.15, 0.2) is 5.76 Å². The fourth-order valence-corrected chi connectivity index (χ4v) is 9.02. The van der Waals surface area contributed by atoms with E-state index in [0.29, 0.717) is 17.1 Å². The highest BCUT2D eigenvalue weighted by Crippen LogP contribution is 2.49. The smallest absolute Gasteiger partial charge is 0.312 e. The number of rotatable bonds is 8. The van der Waals surface area contributed by atoms with Crippen LogP contribution in [-0.4, -0.2) is 129 Å². The number of nitrogens with one attached hydrogen (secondary N) is 2. The number of aliphatic hydroxyl groups excluding tert-OH is 3. The van der Waals surface area contributed by atoms with Crippen LogP contribution in [-0.2, 0) is 30.3 Å². The number of benzene rings is 1. The molecule has 68 heavy (non-hydrogen) atoms. The highest BCUT2D eigenvalue weighted by molar-refractivity contribution is 6.32. The Morgan fingerprint density at radius 1 is 0.956 bits per heavy atom. The highest BCUT2D eigenvalue weighted by Gasteiger charge is 2.53. The van der Waals surface area contributed by atoms with Crippen LogP contribution in [0.5, 0.6) is 11.5 Å². The molecular formula is C49H59N5O14. The minimum atomic E-state index is -2.12. The molecule has 5 aliphatic rings. The van der Waals surface area contributed by atoms with Crippen LogP contribution in [0, 0.1) is 30.6 Å². The van der Waals surface area contributed by atoms with Crippen LogP contribution < -0.4 is 15.4 Å². The van der Waals surface area contributed by atoms with Gasteiger partial charge in [0.1, 0.15) is 28.6 Å². The van der Waals surface area contributed by atoms with Gasteiger partial charge in [-0.3, -0.25) is 29.5 Å². The molecule has 1 aliphatic carbocycles. The van der Waals surface area contributed by atoms with Gasteiger partial charge >= 0.3 is 5.79 Å². The number of nitrogens with zero attached hydrogens (tertiary/aromatic N) is 3. The molecule has 19 heteroatoms. The van der Waals surface area contributed by atoms with Gasteiger partial charge in [-0.2, -0.15) is 0 Å². The van der Waals surface area contributed by atoms with Crippen LogP contribution in [0.15, 0.2) is 82.5 Å². The van der Waals surface area contributed by atoms with E-state index < -0.39 is 94.9 Å². The number of pyridine rings is 1. The third-order valence-electron chi connectivity index (χ3n) is 13.2. The first-order chi connectivity index (χ1) is 32.4. The monoisotopic (exact) mass is 941 g/mol. The number of aromatic hydroxyl groups is 1. The molecule has 6 heterocycles. The summed E-state index contributed by atoms with van der Waals surface area (Å²) in [6.07, 6.45) is 3.20. The maximum atomic E-state index is 14.8. The van der Waals surface area contributed by atoms with Gasteiger partial charge in [-0.15, -0.1) is 0 Å². The predicted octanol–water partition coefficient (Wildman–Crippen LogP) is 3.86. The Balaban J connectivity index is 1.24. The standard InChI is InChI=1S/C49H59N5O14/c1-24-12-11-13-25(2)47(61)52-37-38(54-17-20-64-21-18-54)43(59)34-35(42(37)58)41(57)29(6)45-36(34)46(60)49(7,67-45)65-19-15-33(63-8)26(3)44(28(5)40(56)27(4)39(24)55)66-48(62)51-23-30-22-32(53-68-30)31-14-9-10-16-50-31/h9-16,19,22,24,26-28,33,39-40,44,48,51,55-57,62H,17-18,20-21,23H2,1-8H3,(H,52,61)/b12-11+,19-15+,25-13-/t24-,26+,27+,28+,33-,39-,40+,44+,48?,49-/m0/s1. The van der Waals surface area contributed by atoms with E-state index in [2.05, 4.69) is 20.8 Å². The van der Waals surface area contributed by atoms with E-state index in [1.165, 1.54) is 46.3 Å². The van der Waals surface area contributed by atoms with Crippen molar-refractivity contribution in [3.05, 3.63) is 106 Å². The van der Waals surface area contributed by atoms with E-state index in [0.717, 1.165) is 0 Å². The lowest BCUT2D eigenvalue weighted by molar-refractivity contribution is -0.203. The van der Waals surface area contributed by atoms with E-state index in [9.17, 15) is 39.6 Å². The molecule has 0 saturated carbocycles. The second kappa shape index (κ2) is 20.7. The molecule has 1 saturated heterocycles. The van der Waals surface area contributed by atoms with Gasteiger partial charge in [-0.1, -0.05) is 57.1 Å². The van der Waals surface area contributed by atoms with E-state index in [1.807, 2.05) is 6.07 Å². The number of aliphatic hydroxyl groups is 3. The number of amides is 1. The fourth-order valence-electron chi connectivity index (χ4n) is 9.02. The summed E-state index contributed by atoms with van der Waals surface area (Å²) in [5.41, 5.74) is -0.469. The molecule has 0 radical (unpaired) electrons. The lowest BCUT2D eigenvalue weighted by Gasteiger charge is -2.39. The maximum Gasteiger partial charge on any atom is 0.312 e. The zero-order valence-corrected chi connectivity index (χ0v) is 39.2. The van der Waals surface area contributed by atoms with Crippen LogP contribution in [0.2, 0.25) is 0 Å². The Kier molecular flexibility index (Phi) is 15.1. The summed E-state index contributed by atoms with van der Waals surface area (Å²) in [6.45, 7) is 11.9. The molecule has 8 rings (SSSR count). The first-order valence-corrected chi connectivity index (χ1v) is 22.5. The highest BCUT2D eigenvalue weighted by atomic mass is 16.7. The minimum absolute atomic E-state index is 0.00375. The van der Waals surface area contributed by atoms with Crippen molar-refractivity contribution in [3.8, 4) is 22.9 Å². The van der Waals surface area contributed by atoms with Crippen molar-refractivity contribution >= 4 is 23.3 Å². The Morgan fingerprint density at radius 2 is 1.69 bits per heavy atom. The first kappa shape index (κ1) is 49.8. The van der Waals surface area contributed by atoms with E-state index >= 15 is 0 Å². The molecule has 10 atom stereocenters. The van der Waals surface area contributed by atoms with E-state index in [-0.39, 0.29) is 72.3 Å². The minimum Gasteiger partial charge on any atom is -0.507 e. The summed E-state index contributed by atoms with van der Waals surface area (Å²) in [5, 5.41) is 55.9. The molecule has 2 aromatic heterocycles. The van der Waals surface area contributed by atoms with E-state index in [4.69, 9.17) is 28.2 Å². The number of carbonyl (C=O) groups excluding carboxylic acids is 4. The van der Waals surface area contributed by atoms with Crippen LogP contribution >= 0.6 is 0 Å². The van der Waals surface area contributed by atoms with Crippen LogP contribution in [0.3, 0.4) is 0 Å². The average molecular weight is 942 g/mol. The van der Waals surface area contributed by atoms with Crippen molar-refractivity contribution in [2.45, 2.75) is 91.6 Å². The number of fused-ring (bicyclic) bond motifs is 14. The average Bonchev–Trinajstić information content (AvgIpc) is 3.92. The van der Waals surface area contributed by atoms with Gasteiger partial charge in [0.05, 0.1) is 72.8 Å². The quantitative estimate of drug-likeness (QED) is 0.175. The van der Waals surface area contributed by atoms with Gasteiger partial charge in [-0.25, -0.2) is 0 Å². The van der Waals surface area contributed by atoms with Gasteiger partial charge in [0.2, 0.25) is 18.0 Å². The predicted molar refractivity (Wildman–Crippen MR) is 242 cm³/mol. The van der Waals surface area contributed by atoms with Crippen LogP contribution in [0.1, 0.15) is 83.9 Å². The third-order valence-corrected chi connectivity index (χ3v) is 13.2. The number of aromatic nitrogens is 2. The molecular weight excluding hydrogens is 883 g/mol. The largest absolute Gasteiger partial charge is 0.507 e. The summed E-state index contributed by atoms with van der Waals surface area (Å²) in [5.74, 6) is -8.50. The van der Waals surface area contributed by atoms with Gasteiger partial charge in [0.25, 0.3) is 11.7 Å². The molecule has 19 nitrogen and oxygen atoms in total. The number of allylic oxidation sites excluding steroid dienone is 4. The molecule has 3 aromatic rings. The molecule has 5 bridgehead atoms. The topological polar surface area (TPSA) is 262 Å². The maximum absolute atomic E-state index is 14.8. The number of phenolic OH excluding ortho intramolecular Hbond substituents is 1. The molecule has 364 valence electrons. The first-order valence-electron chi connectivity index (χ1n) is 22.5. The van der Waals surface area contributed by atoms with Crippen molar-refractivity contribution in [1.82, 2.24) is 25.7 Å². The fraction of sp³-hybridized carbons (Fsp3) is 0.469. The SMILES string of the molecule is CO[C@H]1/C=C/O[C@@]2(C)Oc3c(C)c(O)c4c(c3C2=O)C(=O)C(N2CCOCC2)=C(NC(=O)/C(C)=C\C=C\[C@H](C)[C@H](O)[C@@H](C)[C@@H](O)[C@@H](C)[C@H](OC(O)NCc2cc(-c3ccccn3)no2)[C@@H]1C)C4=O. The Morgan fingerprint density at radius 3 is 2.38 bits per heavy atom. The summed E-state index contributed by atoms with van der Waals surface area (Å²) >= 11 is 0. The second-order valence-corrected chi connectivity index (χ2v) is 17.8. The Hall–Kier alpha value is -6.06. The number of ketones is 3. The van der Waals surface area contributed by atoms with Gasteiger partial charge in [-0.05, 0) is 32.1 Å². The summed E-state index contributed by atoms with van der Waals surface area (Å²) in [6, 6.07) is 7.04. The van der Waals surface area contributed by atoms with Crippen LogP contribution in [0.4, 0.5) is 0 Å². The summed E-state index contributed by atoms with van der Waals surface area (Å²) in [4.78, 5) is 63.6. The number of Topliss-reactive ketones (excluding diaryl/α,β-unsaturated/α-hetero) is 3. The van der Waals surface area contributed by atoms with E-state index in [1.54, 1.807) is 69.1 Å². The second-order valence-electron chi connectivity index (χ2n) is 17.8. The molecule has 1 amide bonds. The Bertz CT molecular complexity index is 2530. The zero-order chi connectivity index (χ0) is 49.2. The summed E-state index contributed by atoms with van der Waals surface area (Å²) < 4.78 is 35.3. The van der Waals surface area contributed by atoms with Gasteiger partial charge < -0.3 is 58.9 Å². The third kappa shape index (κ3) is 9.78. The molecule has 6 N–H and O–H groups in total. The normalized spacial score (nSPS) is 30.6. The van der Waals surface area contributed by atoms with Crippen molar-refractivity contribution < 1.29 is 67.8 Å². The van der Waals surface area contributed by atoms with Crippen molar-refractivity contribution in [1.29, 1.82) is 0 Å². The Labute approximate surface area is 393 Å².